The van der Waals surface area contributed by atoms with E-state index < -0.39 is 138 Å². The number of carbonyl (C=O) groups excluding carboxylic acids is 3. The number of carboxylic acid groups (broad SMARTS) is 1. The minimum absolute atomic E-state index is 0.000230. The highest BCUT2D eigenvalue weighted by Gasteiger charge is 2.53. The zero-order valence-electron chi connectivity index (χ0n) is 34.7. The Morgan fingerprint density at radius 2 is 1.58 bits per heavy atom. The molecular formula is C39H66N2O18S. The first-order chi connectivity index (χ1) is 28.2. The summed E-state index contributed by atoms with van der Waals surface area (Å²) < 4.78 is 62.7. The Bertz CT molecular complexity index is 1530. The first kappa shape index (κ1) is 50.2. The van der Waals surface area contributed by atoms with Crippen LogP contribution < -0.4 is 10.6 Å². The molecule has 16 atom stereocenters. The number of ether oxygens (including phenoxy) is 5. The zero-order valence-corrected chi connectivity index (χ0v) is 35.6. The summed E-state index contributed by atoms with van der Waals surface area (Å²) >= 11 is 0. The molecule has 0 bridgehead atoms. The van der Waals surface area contributed by atoms with E-state index in [0.29, 0.717) is 6.42 Å². The first-order valence-electron chi connectivity index (χ1n) is 21.1. The van der Waals surface area contributed by atoms with Gasteiger partial charge in [-0.25, -0.2) is 4.79 Å². The number of aliphatic hydroxyl groups excluding tert-OH is 5. The van der Waals surface area contributed by atoms with Crippen LogP contribution in [0.2, 0.25) is 0 Å². The highest BCUT2D eigenvalue weighted by atomic mass is 32.2. The summed E-state index contributed by atoms with van der Waals surface area (Å²) in [5.41, 5.74) is 0. The molecule has 0 aromatic rings. The van der Waals surface area contributed by atoms with Crippen molar-refractivity contribution in [3.05, 3.63) is 0 Å². The van der Waals surface area contributed by atoms with Gasteiger partial charge >= 0.3 is 5.97 Å². The minimum Gasteiger partial charge on any atom is -0.479 e. The molecule has 20 nitrogen and oxygen atoms in total. The van der Waals surface area contributed by atoms with Crippen LogP contribution in [0.5, 0.6) is 0 Å². The number of carbonyl (C=O) groups is 4. The minimum atomic E-state index is -4.41. The fourth-order valence-corrected chi connectivity index (χ4v) is 9.12. The van der Waals surface area contributed by atoms with Crippen LogP contribution in [0, 0.1) is 17.8 Å². The van der Waals surface area contributed by atoms with Gasteiger partial charge in [-0.3, -0.25) is 18.9 Å². The number of aliphatic hydroxyl groups is 5. The van der Waals surface area contributed by atoms with Crippen molar-refractivity contribution in [3.63, 3.8) is 0 Å². The molecule has 9 N–H and O–H groups in total. The molecule has 2 saturated carbocycles. The highest BCUT2D eigenvalue weighted by Crippen LogP contribution is 2.40. The third-order valence-electron chi connectivity index (χ3n) is 12.3. The molecule has 2 aliphatic carbocycles. The summed E-state index contributed by atoms with van der Waals surface area (Å²) in [6.45, 7) is 5.01. The van der Waals surface area contributed by atoms with E-state index in [-0.39, 0.29) is 50.4 Å². The molecule has 4 rings (SSSR count). The highest BCUT2D eigenvalue weighted by molar-refractivity contribution is 7.86. The average Bonchev–Trinajstić information content (AvgIpc) is 3.19. The fourth-order valence-electron chi connectivity index (χ4n) is 8.76. The van der Waals surface area contributed by atoms with Gasteiger partial charge in [0, 0.05) is 32.2 Å². The number of hydrogen-bond donors (Lipinski definition) is 9. The average molecular weight is 883 g/mol. The molecule has 2 saturated heterocycles. The van der Waals surface area contributed by atoms with E-state index in [2.05, 4.69) is 10.6 Å². The van der Waals surface area contributed by atoms with E-state index in [0.717, 1.165) is 32.1 Å². The van der Waals surface area contributed by atoms with Crippen LogP contribution in [0.15, 0.2) is 0 Å². The quantitative estimate of drug-likeness (QED) is 0.0552. The number of amides is 2. The second-order valence-electron chi connectivity index (χ2n) is 16.9. The molecule has 2 amide bonds. The van der Waals surface area contributed by atoms with Gasteiger partial charge in [-0.15, -0.1) is 0 Å². The lowest BCUT2D eigenvalue weighted by Gasteiger charge is -2.49. The van der Waals surface area contributed by atoms with Gasteiger partial charge in [0.1, 0.15) is 48.4 Å². The number of hydrogen-bond acceptors (Lipinski definition) is 16. The van der Waals surface area contributed by atoms with Crippen LogP contribution in [0.1, 0.15) is 105 Å². The molecule has 0 spiro atoms. The van der Waals surface area contributed by atoms with Crippen LogP contribution in [0.4, 0.5) is 0 Å². The smallest absolute Gasteiger partial charge is 0.332 e. The Labute approximate surface area is 350 Å². The lowest BCUT2D eigenvalue weighted by Crippen LogP contribution is -2.67. The summed E-state index contributed by atoms with van der Waals surface area (Å²) in [5, 5.41) is 67.7. The van der Waals surface area contributed by atoms with Crippen LogP contribution in [-0.4, -0.2) is 165 Å². The van der Waals surface area contributed by atoms with Gasteiger partial charge in [-0.05, 0) is 51.4 Å². The second-order valence-corrected chi connectivity index (χ2v) is 18.7. The van der Waals surface area contributed by atoms with Crippen molar-refractivity contribution in [2.24, 2.45) is 17.8 Å². The van der Waals surface area contributed by atoms with E-state index in [9.17, 15) is 62.8 Å². The lowest BCUT2D eigenvalue weighted by molar-refractivity contribution is -0.338. The molecule has 0 aromatic carbocycles. The van der Waals surface area contributed by atoms with Gasteiger partial charge in [-0.2, -0.15) is 8.42 Å². The SMILES string of the molecule is CCC1CC(C(=O)CCCNC(=O)CC(C)S(=O)(=O)O)C[C@@H](O[C@@H]2O[C@@H](CO)[C@H](O)C(O[C@@H](CC3CCCCC3)C(=O)O)C2NC(C)=O)[C@@H]1O[C@@H]1OC(C)[C@@H](O)[C@H](O)C1O. The van der Waals surface area contributed by atoms with Crippen molar-refractivity contribution in [1.82, 2.24) is 10.6 Å². The van der Waals surface area contributed by atoms with Gasteiger partial charge in [0.25, 0.3) is 10.1 Å². The maximum atomic E-state index is 13.8. The van der Waals surface area contributed by atoms with E-state index in [1.165, 1.54) is 20.8 Å². The van der Waals surface area contributed by atoms with Crippen LogP contribution in [0.25, 0.3) is 0 Å². The predicted molar refractivity (Wildman–Crippen MR) is 208 cm³/mol. The largest absolute Gasteiger partial charge is 0.479 e. The molecule has 2 heterocycles. The van der Waals surface area contributed by atoms with E-state index >= 15 is 0 Å². The Morgan fingerprint density at radius 3 is 2.18 bits per heavy atom. The number of rotatable bonds is 20. The lowest BCUT2D eigenvalue weighted by atomic mass is 9.74. The summed E-state index contributed by atoms with van der Waals surface area (Å²) in [5.74, 6) is -3.77. The van der Waals surface area contributed by atoms with Crippen molar-refractivity contribution >= 4 is 33.7 Å². The maximum absolute atomic E-state index is 13.8. The first-order valence-corrected chi connectivity index (χ1v) is 22.6. The summed E-state index contributed by atoms with van der Waals surface area (Å²) in [6, 6.07) is -1.34. The van der Waals surface area contributed by atoms with Gasteiger partial charge < -0.3 is 65.0 Å². The number of aliphatic carboxylic acids is 1. The summed E-state index contributed by atoms with van der Waals surface area (Å²) in [7, 11) is -4.41. The third-order valence-corrected chi connectivity index (χ3v) is 13.5. The summed E-state index contributed by atoms with van der Waals surface area (Å²) in [6.07, 6.45) is -11.5. The normalized spacial score (nSPS) is 36.5. The molecule has 346 valence electrons. The Morgan fingerprint density at radius 1 is 0.900 bits per heavy atom. The van der Waals surface area contributed by atoms with Crippen LogP contribution >= 0.6 is 0 Å². The fraction of sp³-hybridized carbons (Fsp3) is 0.897. The van der Waals surface area contributed by atoms with Crippen molar-refractivity contribution in [3.8, 4) is 0 Å². The van der Waals surface area contributed by atoms with E-state index in [1.807, 2.05) is 6.92 Å². The van der Waals surface area contributed by atoms with Crippen molar-refractivity contribution in [2.45, 2.75) is 190 Å². The van der Waals surface area contributed by atoms with Gasteiger partial charge in [-0.1, -0.05) is 45.4 Å². The van der Waals surface area contributed by atoms with E-state index in [4.69, 9.17) is 23.7 Å². The van der Waals surface area contributed by atoms with E-state index in [1.54, 1.807) is 0 Å². The van der Waals surface area contributed by atoms with Crippen LogP contribution in [-0.2, 0) is 53.0 Å². The topological polar surface area (TPSA) is 314 Å². The van der Waals surface area contributed by atoms with Crippen molar-refractivity contribution in [2.75, 3.05) is 13.2 Å². The van der Waals surface area contributed by atoms with Gasteiger partial charge in [0.05, 0.1) is 30.2 Å². The van der Waals surface area contributed by atoms with Gasteiger partial charge in [0.2, 0.25) is 11.8 Å². The molecule has 60 heavy (non-hydrogen) atoms. The third kappa shape index (κ3) is 13.5. The monoisotopic (exact) mass is 882 g/mol. The van der Waals surface area contributed by atoms with Gasteiger partial charge in [0.15, 0.2) is 18.7 Å². The zero-order chi connectivity index (χ0) is 44.5. The molecule has 0 radical (unpaired) electrons. The molecule has 0 aromatic heterocycles. The number of Topliss-reactive ketones (excluding diaryl/α,β-unsaturated/α-hetero) is 1. The standard InChI is InChI=1S/C39H66N2O18S/c1-5-23-16-24(25(44)12-9-13-40-29(45)14-19(2)60(52,53)54)17-26(35(23)59-39-34(49)33(48)31(46)20(3)55-39)57-38-30(41-21(4)43)36(32(47)28(18-42)58-38)56-27(37(50)51)15-22-10-7-6-8-11-22/h19-20,22-24,26-28,30-36,38-39,42,46-49H,5-18H2,1-4H3,(H,40,45)(H,41,43)(H,50,51)(H,52,53,54)/t19?,20?,23?,24?,26-,27+,28+,30?,31-,32+,33+,34?,35-,36?,38-,39+/m1/s1. The maximum Gasteiger partial charge on any atom is 0.332 e. The van der Waals surface area contributed by atoms with Crippen molar-refractivity contribution < 1.29 is 86.5 Å². The predicted octanol–water partition coefficient (Wildman–Crippen LogP) is -0.456. The molecule has 7 unspecified atom stereocenters. The summed E-state index contributed by atoms with van der Waals surface area (Å²) in [4.78, 5) is 51.3. The molecular weight excluding hydrogens is 816 g/mol. The number of carboxylic acids is 1. The number of nitrogens with one attached hydrogen (secondary N) is 2. The second kappa shape index (κ2) is 22.8. The Balaban J connectivity index is 1.60. The number of ketones is 1. The van der Waals surface area contributed by atoms with Crippen LogP contribution in [0.3, 0.4) is 0 Å². The molecule has 4 fully saturated rings. The Hall–Kier alpha value is -2.41. The molecule has 21 heteroatoms. The van der Waals surface area contributed by atoms with Crippen molar-refractivity contribution in [1.29, 1.82) is 0 Å². The molecule has 2 aliphatic heterocycles. The Kier molecular flexibility index (Phi) is 19.1. The molecule has 4 aliphatic rings.